The molecule has 0 rings (SSSR count). The summed E-state index contributed by atoms with van der Waals surface area (Å²) < 4.78 is 51.1. The topological polar surface area (TPSA) is 141 Å². The van der Waals surface area contributed by atoms with Gasteiger partial charge in [-0.2, -0.15) is 8.42 Å². The summed E-state index contributed by atoms with van der Waals surface area (Å²) in [7, 11) is -4.19. The van der Waals surface area contributed by atoms with Gasteiger partial charge in [-0.05, 0) is 20.3 Å². The minimum absolute atomic E-state index is 0.0405. The highest BCUT2D eigenvalue weighted by molar-refractivity contribution is 7.80. The van der Waals surface area contributed by atoms with Gasteiger partial charge in [0, 0.05) is 13.2 Å². The molecule has 11 heteroatoms. The zero-order valence-electron chi connectivity index (χ0n) is 16.1. The Bertz CT molecular complexity index is 312. The fourth-order valence-electron chi connectivity index (χ4n) is 1.06. The van der Waals surface area contributed by atoms with Gasteiger partial charge in [0.15, 0.2) is 0 Å². The van der Waals surface area contributed by atoms with Crippen molar-refractivity contribution in [3.05, 3.63) is 0 Å². The lowest BCUT2D eigenvalue weighted by molar-refractivity contribution is 0.00230. The molecule has 0 bridgehead atoms. The molecule has 0 amide bonds. The Hall–Kier alpha value is -0.370. The van der Waals surface area contributed by atoms with E-state index in [-0.39, 0.29) is 19.8 Å². The first-order chi connectivity index (χ1) is 12.4. The van der Waals surface area contributed by atoms with E-state index in [2.05, 4.69) is 4.18 Å². The van der Waals surface area contributed by atoms with Gasteiger partial charge in [-0.25, -0.2) is 4.18 Å². The quantitative estimate of drug-likeness (QED) is 0.255. The number of aliphatic hydroxyl groups is 2. The lowest BCUT2D eigenvalue weighted by atomic mass is 10.5. The van der Waals surface area contributed by atoms with E-state index in [1.54, 1.807) is 6.92 Å². The summed E-state index contributed by atoms with van der Waals surface area (Å²) in [5, 5.41) is 16.7. The van der Waals surface area contributed by atoms with Gasteiger partial charge in [0.25, 0.3) is 0 Å². The zero-order chi connectivity index (χ0) is 20.5. The van der Waals surface area contributed by atoms with Crippen molar-refractivity contribution in [1.29, 1.82) is 0 Å². The molecule has 0 saturated heterocycles. The second kappa shape index (κ2) is 26.9. The van der Waals surface area contributed by atoms with E-state index in [9.17, 15) is 8.42 Å². The molecule has 0 aliphatic rings. The smallest absolute Gasteiger partial charge is 0.394 e. The van der Waals surface area contributed by atoms with E-state index < -0.39 is 10.4 Å². The number of ether oxygens (including phenoxy) is 4. The van der Waals surface area contributed by atoms with Crippen LogP contribution in [0.4, 0.5) is 0 Å². The van der Waals surface area contributed by atoms with E-state index in [1.165, 1.54) is 0 Å². The molecule has 0 unspecified atom stereocenters. The van der Waals surface area contributed by atoms with Crippen molar-refractivity contribution in [2.45, 2.75) is 27.2 Å². The van der Waals surface area contributed by atoms with Gasteiger partial charge < -0.3 is 29.2 Å². The Morgan fingerprint density at radius 1 is 0.654 bits per heavy atom. The molecule has 10 nitrogen and oxygen atoms in total. The summed E-state index contributed by atoms with van der Waals surface area (Å²) in [5.74, 6) is 0. The second-order valence-electron chi connectivity index (χ2n) is 4.32. The van der Waals surface area contributed by atoms with Crippen LogP contribution in [0.3, 0.4) is 0 Å². The monoisotopic (exact) mass is 408 g/mol. The van der Waals surface area contributed by atoms with Crippen LogP contribution in [-0.4, -0.2) is 95.9 Å². The summed E-state index contributed by atoms with van der Waals surface area (Å²) in [6, 6.07) is 0. The fourth-order valence-corrected chi connectivity index (χ4v) is 1.44. The normalized spacial score (nSPS) is 10.5. The van der Waals surface area contributed by atoms with Gasteiger partial charge in [0.05, 0.1) is 59.5 Å². The maximum absolute atomic E-state index is 9.72. The van der Waals surface area contributed by atoms with Gasteiger partial charge in [-0.15, -0.1) is 0 Å². The van der Waals surface area contributed by atoms with Crippen LogP contribution in [0, 0.1) is 0 Å². The molecule has 0 atom stereocenters. The van der Waals surface area contributed by atoms with Gasteiger partial charge in [0.2, 0.25) is 0 Å². The van der Waals surface area contributed by atoms with Crippen molar-refractivity contribution in [3.8, 4) is 0 Å². The molecule has 0 aromatic heterocycles. The Labute approximate surface area is 157 Å². The van der Waals surface area contributed by atoms with Crippen LogP contribution >= 0.6 is 0 Å². The SMILES string of the molecule is CCCOS(=O)(=O)O.CCOCC.OCCOCCOCCOCCO. The van der Waals surface area contributed by atoms with Crippen LogP contribution in [0.2, 0.25) is 0 Å². The van der Waals surface area contributed by atoms with Crippen LogP contribution < -0.4 is 0 Å². The van der Waals surface area contributed by atoms with Crippen molar-refractivity contribution in [3.63, 3.8) is 0 Å². The van der Waals surface area contributed by atoms with Crippen molar-refractivity contribution in [1.82, 2.24) is 0 Å². The van der Waals surface area contributed by atoms with Crippen molar-refractivity contribution in [2.24, 2.45) is 0 Å². The minimum atomic E-state index is -4.19. The van der Waals surface area contributed by atoms with E-state index in [1.807, 2.05) is 13.8 Å². The summed E-state index contributed by atoms with van der Waals surface area (Å²) in [6.45, 7) is 10.2. The van der Waals surface area contributed by atoms with Gasteiger partial charge >= 0.3 is 10.4 Å². The molecular formula is C15H36O10S. The van der Waals surface area contributed by atoms with Gasteiger partial charge in [-0.3, -0.25) is 4.55 Å². The van der Waals surface area contributed by atoms with E-state index >= 15 is 0 Å². The third-order valence-electron chi connectivity index (χ3n) is 2.06. The molecule has 3 N–H and O–H groups in total. The zero-order valence-corrected chi connectivity index (χ0v) is 16.9. The summed E-state index contributed by atoms with van der Waals surface area (Å²) in [6.07, 6.45) is 0.569. The largest absolute Gasteiger partial charge is 0.397 e. The maximum Gasteiger partial charge on any atom is 0.397 e. The number of hydrogen-bond acceptors (Lipinski definition) is 9. The average molecular weight is 409 g/mol. The van der Waals surface area contributed by atoms with Crippen molar-refractivity contribution in [2.75, 3.05) is 72.7 Å². The molecule has 0 spiro atoms. The highest BCUT2D eigenvalue weighted by Gasteiger charge is 2.00. The molecule has 0 radical (unpaired) electrons. The Morgan fingerprint density at radius 3 is 1.23 bits per heavy atom. The number of aliphatic hydroxyl groups excluding tert-OH is 2. The number of hydrogen-bond donors (Lipinski definition) is 3. The molecule has 0 aliphatic heterocycles. The average Bonchev–Trinajstić information content (AvgIpc) is 2.60. The lowest BCUT2D eigenvalue weighted by Gasteiger charge is -2.04. The molecule has 0 heterocycles. The van der Waals surface area contributed by atoms with Gasteiger partial charge in [-0.1, -0.05) is 6.92 Å². The minimum Gasteiger partial charge on any atom is -0.394 e. The summed E-state index contributed by atoms with van der Waals surface area (Å²) in [4.78, 5) is 0. The summed E-state index contributed by atoms with van der Waals surface area (Å²) in [5.41, 5.74) is 0. The molecule has 0 aromatic rings. The lowest BCUT2D eigenvalue weighted by Crippen LogP contribution is -2.11. The fraction of sp³-hybridized carbons (Fsp3) is 1.00. The second-order valence-corrected chi connectivity index (χ2v) is 5.41. The predicted octanol–water partition coefficient (Wildman–Crippen LogP) is 0.279. The van der Waals surface area contributed by atoms with Crippen LogP contribution in [0.1, 0.15) is 27.2 Å². The Morgan fingerprint density at radius 2 is 1.04 bits per heavy atom. The molecule has 0 aliphatic carbocycles. The van der Waals surface area contributed by atoms with Crippen LogP contribution in [0.25, 0.3) is 0 Å². The van der Waals surface area contributed by atoms with Crippen molar-refractivity contribution >= 4 is 10.4 Å². The summed E-state index contributed by atoms with van der Waals surface area (Å²) >= 11 is 0. The predicted molar refractivity (Wildman–Crippen MR) is 96.6 cm³/mol. The molecule has 0 fully saturated rings. The highest BCUT2D eigenvalue weighted by Crippen LogP contribution is 1.86. The van der Waals surface area contributed by atoms with Crippen LogP contribution in [-0.2, 0) is 33.5 Å². The third kappa shape index (κ3) is 43.8. The molecule has 0 saturated carbocycles. The Kier molecular flexibility index (Phi) is 31.4. The van der Waals surface area contributed by atoms with E-state index in [4.69, 9.17) is 33.7 Å². The molecule has 0 aromatic carbocycles. The Balaban J connectivity index is -0.000000346. The molecular weight excluding hydrogens is 372 g/mol. The maximum atomic E-state index is 9.72. The number of rotatable bonds is 15. The first-order valence-electron chi connectivity index (χ1n) is 8.53. The van der Waals surface area contributed by atoms with E-state index in [0.717, 1.165) is 13.2 Å². The highest BCUT2D eigenvalue weighted by atomic mass is 32.3. The van der Waals surface area contributed by atoms with Crippen LogP contribution in [0.5, 0.6) is 0 Å². The third-order valence-corrected chi connectivity index (χ3v) is 2.52. The first-order valence-corrected chi connectivity index (χ1v) is 9.90. The molecule has 162 valence electrons. The standard InChI is InChI=1S/C8H18O5.C4H10O.C3H8O4S/c9-1-3-11-5-7-13-8-6-12-4-2-10;1-3-5-4-2;1-2-3-7-8(4,5)6/h9-10H,1-8H2;3-4H2,1-2H3;2-3H2,1H3,(H,4,5,6). The van der Waals surface area contributed by atoms with Crippen molar-refractivity contribution < 1.29 is 46.3 Å². The van der Waals surface area contributed by atoms with Crippen LogP contribution in [0.15, 0.2) is 0 Å². The van der Waals surface area contributed by atoms with E-state index in [0.29, 0.717) is 46.1 Å². The first kappa shape index (κ1) is 30.4. The van der Waals surface area contributed by atoms with Gasteiger partial charge in [0.1, 0.15) is 0 Å². The molecule has 26 heavy (non-hydrogen) atoms.